The molecule has 0 spiro atoms. The second kappa shape index (κ2) is 5.44. The Balaban J connectivity index is 2.03. The van der Waals surface area contributed by atoms with Gasteiger partial charge in [0.05, 0.1) is 0 Å². The van der Waals surface area contributed by atoms with Crippen LogP contribution in [0.4, 0.5) is 13.2 Å². The van der Waals surface area contributed by atoms with Gasteiger partial charge in [0.15, 0.2) is 0 Å². The number of piperidine rings is 1. The first kappa shape index (κ1) is 13.0. The van der Waals surface area contributed by atoms with Crippen LogP contribution in [-0.2, 0) is 0 Å². The summed E-state index contributed by atoms with van der Waals surface area (Å²) in [6.07, 6.45) is -0.765. The van der Waals surface area contributed by atoms with Crippen molar-refractivity contribution in [2.24, 2.45) is 0 Å². The van der Waals surface area contributed by atoms with Crippen molar-refractivity contribution in [2.45, 2.75) is 19.2 Å². The van der Waals surface area contributed by atoms with Crippen LogP contribution in [-0.4, -0.2) is 19.5 Å². The van der Waals surface area contributed by atoms with E-state index in [1.807, 2.05) is 6.08 Å². The summed E-state index contributed by atoms with van der Waals surface area (Å²) < 4.78 is 39.7. The third kappa shape index (κ3) is 4.07. The van der Waals surface area contributed by atoms with E-state index >= 15 is 0 Å². The van der Waals surface area contributed by atoms with E-state index in [-0.39, 0.29) is 5.75 Å². The first-order valence-corrected chi connectivity index (χ1v) is 5.71. The molecule has 0 unspecified atom stereocenters. The summed E-state index contributed by atoms with van der Waals surface area (Å²) in [6, 6.07) is 5.90. The number of alkyl halides is 3. The van der Waals surface area contributed by atoms with Crippen LogP contribution in [0.5, 0.6) is 5.75 Å². The van der Waals surface area contributed by atoms with Gasteiger partial charge in [-0.1, -0.05) is 23.8 Å². The zero-order valence-electron chi connectivity index (χ0n) is 9.70. The molecular formula is C13H13F3NO. The van der Waals surface area contributed by atoms with Gasteiger partial charge in [0, 0.05) is 13.1 Å². The van der Waals surface area contributed by atoms with E-state index in [0.717, 1.165) is 31.5 Å². The first-order valence-electron chi connectivity index (χ1n) is 5.71. The van der Waals surface area contributed by atoms with Crippen molar-refractivity contribution in [3.63, 3.8) is 0 Å². The Hall–Kier alpha value is -1.49. The summed E-state index contributed by atoms with van der Waals surface area (Å²) in [5, 5.41) is 4.24. The minimum atomic E-state index is -4.63. The van der Waals surface area contributed by atoms with Crippen molar-refractivity contribution in [1.82, 2.24) is 5.32 Å². The van der Waals surface area contributed by atoms with Crippen LogP contribution >= 0.6 is 0 Å². The lowest BCUT2D eigenvalue weighted by atomic mass is 10.0. The molecule has 97 valence electrons. The highest BCUT2D eigenvalue weighted by Gasteiger charge is 2.30. The Morgan fingerprint density at radius 2 is 1.67 bits per heavy atom. The molecule has 18 heavy (non-hydrogen) atoms. The SMILES string of the molecule is FC(F)(F)Oc1ccc(C=C2CC[N]CC2)cc1. The number of benzene rings is 1. The summed E-state index contributed by atoms with van der Waals surface area (Å²) in [5.74, 6) is -0.191. The Morgan fingerprint density at radius 1 is 1.06 bits per heavy atom. The lowest BCUT2D eigenvalue weighted by Gasteiger charge is -2.13. The van der Waals surface area contributed by atoms with Crippen LogP contribution in [0.25, 0.3) is 6.08 Å². The highest BCUT2D eigenvalue weighted by Crippen LogP contribution is 2.24. The molecule has 1 fully saturated rings. The van der Waals surface area contributed by atoms with Crippen LogP contribution < -0.4 is 10.1 Å². The zero-order valence-corrected chi connectivity index (χ0v) is 9.70. The maximum Gasteiger partial charge on any atom is 0.573 e. The molecule has 1 aliphatic heterocycles. The van der Waals surface area contributed by atoms with E-state index in [9.17, 15) is 13.2 Å². The number of ether oxygens (including phenoxy) is 1. The second-order valence-electron chi connectivity index (χ2n) is 4.09. The fourth-order valence-electron chi connectivity index (χ4n) is 1.83. The van der Waals surface area contributed by atoms with Gasteiger partial charge in [0.2, 0.25) is 0 Å². The lowest BCUT2D eigenvalue weighted by molar-refractivity contribution is -0.274. The van der Waals surface area contributed by atoms with Gasteiger partial charge in [-0.25, -0.2) is 5.32 Å². The Morgan fingerprint density at radius 3 is 2.22 bits per heavy atom. The Kier molecular flexibility index (Phi) is 3.91. The average Bonchev–Trinajstić information content (AvgIpc) is 2.31. The van der Waals surface area contributed by atoms with E-state index in [0.29, 0.717) is 0 Å². The van der Waals surface area contributed by atoms with Crippen LogP contribution in [0.15, 0.2) is 29.8 Å². The van der Waals surface area contributed by atoms with Crippen molar-refractivity contribution in [1.29, 1.82) is 0 Å². The first-order chi connectivity index (χ1) is 8.53. The van der Waals surface area contributed by atoms with Gasteiger partial charge in [0.25, 0.3) is 0 Å². The van der Waals surface area contributed by atoms with Crippen molar-refractivity contribution >= 4 is 6.08 Å². The Labute approximate surface area is 103 Å². The van der Waals surface area contributed by atoms with Crippen molar-refractivity contribution in [3.05, 3.63) is 35.4 Å². The molecule has 0 N–H and O–H groups in total. The lowest BCUT2D eigenvalue weighted by Crippen LogP contribution is -2.17. The predicted octanol–water partition coefficient (Wildman–Crippen LogP) is 3.37. The van der Waals surface area contributed by atoms with Crippen LogP contribution in [0, 0.1) is 0 Å². The molecule has 1 saturated heterocycles. The van der Waals surface area contributed by atoms with E-state index in [1.54, 1.807) is 12.1 Å². The van der Waals surface area contributed by atoms with Crippen LogP contribution in [0.2, 0.25) is 0 Å². The third-order valence-electron chi connectivity index (χ3n) is 2.67. The fourth-order valence-corrected chi connectivity index (χ4v) is 1.83. The maximum absolute atomic E-state index is 12.0. The molecule has 2 nitrogen and oxygen atoms in total. The highest BCUT2D eigenvalue weighted by molar-refractivity contribution is 5.54. The minimum absolute atomic E-state index is 0.191. The molecule has 1 heterocycles. The molecule has 0 atom stereocenters. The van der Waals surface area contributed by atoms with E-state index < -0.39 is 6.36 Å². The molecule has 2 rings (SSSR count). The van der Waals surface area contributed by atoms with E-state index in [4.69, 9.17) is 0 Å². The van der Waals surface area contributed by atoms with Gasteiger partial charge in [-0.05, 0) is 30.5 Å². The summed E-state index contributed by atoms with van der Waals surface area (Å²) in [5.41, 5.74) is 2.18. The number of nitrogens with zero attached hydrogens (tertiary/aromatic N) is 1. The fraction of sp³-hybridized carbons (Fsp3) is 0.385. The van der Waals surface area contributed by atoms with Crippen molar-refractivity contribution < 1.29 is 17.9 Å². The highest BCUT2D eigenvalue weighted by atomic mass is 19.4. The molecular weight excluding hydrogens is 243 g/mol. The van der Waals surface area contributed by atoms with Gasteiger partial charge >= 0.3 is 6.36 Å². The van der Waals surface area contributed by atoms with Gasteiger partial charge in [-0.15, -0.1) is 13.2 Å². The number of rotatable bonds is 2. The summed E-state index contributed by atoms with van der Waals surface area (Å²) in [7, 11) is 0. The van der Waals surface area contributed by atoms with Gasteiger partial charge < -0.3 is 4.74 Å². The topological polar surface area (TPSA) is 23.3 Å². The molecule has 0 aromatic heterocycles. The molecule has 1 aliphatic rings. The summed E-state index contributed by atoms with van der Waals surface area (Å²) >= 11 is 0. The molecule has 5 heteroatoms. The van der Waals surface area contributed by atoms with E-state index in [2.05, 4.69) is 10.1 Å². The number of halogens is 3. The molecule has 0 aliphatic carbocycles. The van der Waals surface area contributed by atoms with Gasteiger partial charge in [-0.3, -0.25) is 0 Å². The molecule has 1 aromatic rings. The monoisotopic (exact) mass is 256 g/mol. The summed E-state index contributed by atoms with van der Waals surface area (Å²) in [4.78, 5) is 0. The van der Waals surface area contributed by atoms with E-state index in [1.165, 1.54) is 17.7 Å². The molecule has 1 radical (unpaired) electrons. The molecule has 0 amide bonds. The zero-order chi connectivity index (χ0) is 13.0. The number of hydrogen-bond acceptors (Lipinski definition) is 1. The maximum atomic E-state index is 12.0. The third-order valence-corrected chi connectivity index (χ3v) is 2.67. The van der Waals surface area contributed by atoms with Gasteiger partial charge in [-0.2, -0.15) is 0 Å². The quantitative estimate of drug-likeness (QED) is 0.795. The molecule has 1 aromatic carbocycles. The average molecular weight is 256 g/mol. The number of hydrogen-bond donors (Lipinski definition) is 0. The smallest absolute Gasteiger partial charge is 0.406 e. The summed E-state index contributed by atoms with van der Waals surface area (Å²) in [6.45, 7) is 1.67. The van der Waals surface area contributed by atoms with Crippen LogP contribution in [0.3, 0.4) is 0 Å². The largest absolute Gasteiger partial charge is 0.573 e. The van der Waals surface area contributed by atoms with Crippen molar-refractivity contribution in [2.75, 3.05) is 13.1 Å². The Bertz CT molecular complexity index is 415. The normalized spacial score (nSPS) is 16.5. The standard InChI is InChI=1S/C13H13F3NO/c14-13(15,16)18-12-3-1-10(2-4-12)9-11-5-7-17-8-6-11/h1-4,9H,5-8H2. The van der Waals surface area contributed by atoms with Crippen molar-refractivity contribution in [3.8, 4) is 5.75 Å². The molecule has 0 bridgehead atoms. The second-order valence-corrected chi connectivity index (χ2v) is 4.09. The minimum Gasteiger partial charge on any atom is -0.406 e. The van der Waals surface area contributed by atoms with Crippen LogP contribution in [0.1, 0.15) is 18.4 Å². The van der Waals surface area contributed by atoms with Gasteiger partial charge in [0.1, 0.15) is 5.75 Å². The molecule has 0 saturated carbocycles. The predicted molar refractivity (Wildman–Crippen MR) is 62.2 cm³/mol.